The van der Waals surface area contributed by atoms with E-state index < -0.39 is 0 Å². The average Bonchev–Trinajstić information content (AvgIpc) is 2.92. The van der Waals surface area contributed by atoms with Gasteiger partial charge in [0.25, 0.3) is 0 Å². The Balaban J connectivity index is 2.28. The van der Waals surface area contributed by atoms with Gasteiger partial charge in [-0.15, -0.1) is 0 Å². The Kier molecular flexibility index (Phi) is 16.0. The molecule has 4 nitrogen and oxygen atoms in total. The minimum absolute atomic E-state index is 0.167. The zero-order chi connectivity index (χ0) is 26.6. The van der Waals surface area contributed by atoms with Crippen molar-refractivity contribution in [1.82, 2.24) is 0 Å². The monoisotopic (exact) mass is 508 g/mol. The second-order valence-corrected chi connectivity index (χ2v) is 9.61. The first-order chi connectivity index (χ1) is 18.2. The molecule has 0 amide bonds. The number of benzene rings is 2. The number of unbranched alkanes of at least 4 members (excludes halogenated alkanes) is 9. The highest BCUT2D eigenvalue weighted by molar-refractivity contribution is 6.12. The van der Waals surface area contributed by atoms with E-state index in [4.69, 9.17) is 14.2 Å². The van der Waals surface area contributed by atoms with E-state index >= 15 is 0 Å². The lowest BCUT2D eigenvalue weighted by Crippen LogP contribution is -2.12. The molecule has 0 aromatic heterocycles. The molecule has 0 heterocycles. The van der Waals surface area contributed by atoms with Gasteiger partial charge in [-0.3, -0.25) is 4.79 Å². The number of ether oxygens (including phenoxy) is 3. The van der Waals surface area contributed by atoms with Gasteiger partial charge in [-0.05, 0) is 43.0 Å². The molecule has 0 unspecified atom stereocenters. The summed E-state index contributed by atoms with van der Waals surface area (Å²) >= 11 is 0. The van der Waals surface area contributed by atoms with Crippen LogP contribution in [0.1, 0.15) is 114 Å². The summed E-state index contributed by atoms with van der Waals surface area (Å²) in [5.41, 5.74) is 1.43. The van der Waals surface area contributed by atoms with Gasteiger partial charge in [0.2, 0.25) is 5.78 Å². The zero-order valence-electron chi connectivity index (χ0n) is 23.4. The van der Waals surface area contributed by atoms with Crippen molar-refractivity contribution in [3.8, 4) is 11.5 Å². The number of ketones is 1. The maximum Gasteiger partial charge on any atom is 0.231 e. The number of hydrogen-bond donors (Lipinski definition) is 0. The molecule has 0 aliphatic rings. The second-order valence-electron chi connectivity index (χ2n) is 9.61. The van der Waals surface area contributed by atoms with Crippen LogP contribution in [0.15, 0.2) is 54.3 Å². The predicted molar refractivity (Wildman–Crippen MR) is 155 cm³/mol. The molecule has 2 aromatic carbocycles. The molecule has 2 aromatic rings. The molecule has 0 saturated carbocycles. The van der Waals surface area contributed by atoms with Crippen molar-refractivity contribution in [2.45, 2.75) is 97.8 Å². The van der Waals surface area contributed by atoms with E-state index in [-0.39, 0.29) is 5.78 Å². The number of carbonyl (C=O) groups excluding carboxylic acids is 1. The fourth-order valence-electron chi connectivity index (χ4n) is 4.09. The van der Waals surface area contributed by atoms with Gasteiger partial charge in [0.1, 0.15) is 0 Å². The summed E-state index contributed by atoms with van der Waals surface area (Å²) < 4.78 is 18.5. The molecule has 2 rings (SSSR count). The fraction of sp³-hybridized carbons (Fsp3) is 0.545. The van der Waals surface area contributed by atoms with Crippen molar-refractivity contribution < 1.29 is 19.0 Å². The molecule has 4 heteroatoms. The van der Waals surface area contributed by atoms with Crippen molar-refractivity contribution in [3.05, 3.63) is 65.4 Å². The van der Waals surface area contributed by atoms with Crippen molar-refractivity contribution in [3.63, 3.8) is 0 Å². The third-order valence-electron chi connectivity index (χ3n) is 6.30. The maximum absolute atomic E-state index is 13.9. The van der Waals surface area contributed by atoms with Crippen LogP contribution in [0, 0.1) is 0 Å². The van der Waals surface area contributed by atoms with Gasteiger partial charge >= 0.3 is 0 Å². The number of para-hydroxylation sites is 1. The normalized spacial score (nSPS) is 11.4. The van der Waals surface area contributed by atoms with Crippen LogP contribution in [0.5, 0.6) is 11.5 Å². The average molecular weight is 509 g/mol. The molecule has 0 spiro atoms. The molecule has 0 N–H and O–H groups in total. The highest BCUT2D eigenvalue weighted by Gasteiger charge is 2.22. The molecule has 0 atom stereocenters. The first kappa shape index (κ1) is 30.5. The summed E-state index contributed by atoms with van der Waals surface area (Å²) in [4.78, 5) is 13.9. The Morgan fingerprint density at radius 2 is 1.24 bits per heavy atom. The van der Waals surface area contributed by atoms with Gasteiger partial charge in [-0.25, -0.2) is 0 Å². The van der Waals surface area contributed by atoms with Crippen molar-refractivity contribution in [2.24, 2.45) is 0 Å². The molecular weight excluding hydrogens is 460 g/mol. The Bertz CT molecular complexity index is 904. The summed E-state index contributed by atoms with van der Waals surface area (Å²) in [5, 5.41) is 0. The van der Waals surface area contributed by atoms with Gasteiger partial charge in [0.15, 0.2) is 17.3 Å². The Labute approximate surface area is 225 Å². The summed E-state index contributed by atoms with van der Waals surface area (Å²) in [5.74, 6) is 1.35. The molecule has 204 valence electrons. The van der Waals surface area contributed by atoms with E-state index in [1.54, 1.807) is 0 Å². The van der Waals surface area contributed by atoms with Crippen molar-refractivity contribution >= 4 is 11.9 Å². The molecule has 0 radical (unpaired) electrons. The zero-order valence-corrected chi connectivity index (χ0v) is 23.4. The highest BCUT2D eigenvalue weighted by Crippen LogP contribution is 2.34. The van der Waals surface area contributed by atoms with Crippen molar-refractivity contribution in [1.29, 1.82) is 0 Å². The lowest BCUT2D eigenvalue weighted by atomic mass is 10.1. The molecular formula is C33H48O4. The lowest BCUT2D eigenvalue weighted by molar-refractivity contribution is 0.0914. The first-order valence-electron chi connectivity index (χ1n) is 14.5. The topological polar surface area (TPSA) is 44.8 Å². The quantitative estimate of drug-likeness (QED) is 0.0729. The number of allylic oxidation sites excluding steroid dienone is 1. The number of hydrogen-bond acceptors (Lipinski definition) is 4. The van der Waals surface area contributed by atoms with Gasteiger partial charge in [-0.1, -0.05) is 115 Å². The predicted octanol–water partition coefficient (Wildman–Crippen LogP) is 9.43. The van der Waals surface area contributed by atoms with E-state index in [9.17, 15) is 4.79 Å². The standard InChI is InChI=1S/C33H48O4/c1-4-7-10-16-24-35-30-23-19-22-29(33(30)37-26-18-12-9-6-3)32(34)31(36-25-17-11-8-5-2)27-28-20-14-13-15-21-28/h13-15,19-23,27H,4-12,16-18,24-26H2,1-3H3. The molecule has 0 aliphatic carbocycles. The summed E-state index contributed by atoms with van der Waals surface area (Å²) in [6, 6.07) is 15.5. The lowest BCUT2D eigenvalue weighted by Gasteiger charge is -2.17. The largest absolute Gasteiger partial charge is 0.490 e. The number of Topliss-reactive ketones (excluding diaryl/α,β-unsaturated/α-hetero) is 1. The summed E-state index contributed by atoms with van der Waals surface area (Å²) in [7, 11) is 0. The van der Waals surface area contributed by atoms with Gasteiger partial charge in [-0.2, -0.15) is 0 Å². The van der Waals surface area contributed by atoms with Crippen LogP contribution in [0.2, 0.25) is 0 Å². The summed E-state index contributed by atoms with van der Waals surface area (Å²) in [6.07, 6.45) is 15.1. The minimum Gasteiger partial charge on any atom is -0.490 e. The molecule has 0 fully saturated rings. The van der Waals surface area contributed by atoms with Crippen LogP contribution in [-0.4, -0.2) is 25.6 Å². The van der Waals surface area contributed by atoms with Gasteiger partial charge in [0.05, 0.1) is 25.4 Å². The van der Waals surface area contributed by atoms with Crippen molar-refractivity contribution in [2.75, 3.05) is 19.8 Å². The maximum atomic E-state index is 13.9. The van der Waals surface area contributed by atoms with E-state index in [1.807, 2.05) is 54.6 Å². The van der Waals surface area contributed by atoms with Crippen LogP contribution in [0.4, 0.5) is 0 Å². The van der Waals surface area contributed by atoms with E-state index in [0.29, 0.717) is 42.6 Å². The Morgan fingerprint density at radius 3 is 1.86 bits per heavy atom. The molecule has 0 bridgehead atoms. The van der Waals surface area contributed by atoms with Gasteiger partial charge < -0.3 is 14.2 Å². The smallest absolute Gasteiger partial charge is 0.231 e. The third kappa shape index (κ3) is 11.9. The fourth-order valence-corrected chi connectivity index (χ4v) is 4.09. The number of rotatable bonds is 21. The van der Waals surface area contributed by atoms with Crippen LogP contribution in [-0.2, 0) is 4.74 Å². The van der Waals surface area contributed by atoms with Gasteiger partial charge in [0, 0.05) is 0 Å². The highest BCUT2D eigenvalue weighted by atomic mass is 16.5. The second kappa shape index (κ2) is 19.4. The SMILES string of the molecule is CCCCCCOC(=Cc1ccccc1)C(=O)c1cccc(OCCCCCC)c1OCCCCCC. The Hall–Kier alpha value is -2.75. The first-order valence-corrected chi connectivity index (χ1v) is 14.5. The van der Waals surface area contributed by atoms with Crippen LogP contribution in [0.3, 0.4) is 0 Å². The van der Waals surface area contributed by atoms with E-state index in [0.717, 1.165) is 50.5 Å². The minimum atomic E-state index is -0.167. The summed E-state index contributed by atoms with van der Waals surface area (Å²) in [6.45, 7) is 8.28. The third-order valence-corrected chi connectivity index (χ3v) is 6.30. The van der Waals surface area contributed by atoms with E-state index in [2.05, 4.69) is 20.8 Å². The van der Waals surface area contributed by atoms with E-state index in [1.165, 1.54) is 32.1 Å². The van der Waals surface area contributed by atoms with Crippen LogP contribution >= 0.6 is 0 Å². The van der Waals surface area contributed by atoms with Crippen LogP contribution < -0.4 is 9.47 Å². The molecule has 0 saturated heterocycles. The Morgan fingerprint density at radius 1 is 0.649 bits per heavy atom. The molecule has 37 heavy (non-hydrogen) atoms. The number of carbonyl (C=O) groups is 1. The van der Waals surface area contributed by atoms with Crippen LogP contribution in [0.25, 0.3) is 6.08 Å². The molecule has 0 aliphatic heterocycles.